The van der Waals surface area contributed by atoms with Crippen molar-refractivity contribution in [3.05, 3.63) is 5.82 Å². The summed E-state index contributed by atoms with van der Waals surface area (Å²) in [7, 11) is 0. The average Bonchev–Trinajstić information content (AvgIpc) is 2.28. The van der Waals surface area contributed by atoms with Crippen molar-refractivity contribution in [3.8, 4) is 0 Å². The van der Waals surface area contributed by atoms with Crippen LogP contribution in [0.15, 0.2) is 5.16 Å². The predicted octanol–water partition coefficient (Wildman–Crippen LogP) is 1.90. The van der Waals surface area contributed by atoms with E-state index in [0.717, 1.165) is 12.2 Å². The van der Waals surface area contributed by atoms with Crippen LogP contribution in [-0.2, 0) is 6.42 Å². The molecule has 1 aromatic heterocycles. The lowest BCUT2D eigenvalue weighted by Gasteiger charge is -2.17. The van der Waals surface area contributed by atoms with Gasteiger partial charge in [-0.05, 0) is 12.8 Å². The van der Waals surface area contributed by atoms with E-state index in [1.165, 1.54) is 11.8 Å². The molecule has 3 N–H and O–H groups in total. The molecule has 0 aromatic carbocycles. The highest BCUT2D eigenvalue weighted by molar-refractivity contribution is 7.99. The minimum Gasteiger partial charge on any atom is -0.351 e. The largest absolute Gasteiger partial charge is 0.351 e. The lowest BCUT2D eigenvalue weighted by atomic mass is 10.1. The second kappa shape index (κ2) is 6.76. The minimum absolute atomic E-state index is 0.331. The lowest BCUT2D eigenvalue weighted by molar-refractivity contribution is 0.554. The zero-order chi connectivity index (χ0) is 12.8. The fourth-order valence-corrected chi connectivity index (χ4v) is 1.60. The molecule has 1 heterocycles. The van der Waals surface area contributed by atoms with Gasteiger partial charge < -0.3 is 11.1 Å². The molecule has 0 aliphatic carbocycles. The van der Waals surface area contributed by atoms with Crippen LogP contribution in [0.5, 0.6) is 0 Å². The molecule has 1 rings (SSSR count). The fraction of sp³-hybridized carbons (Fsp3) is 0.727. The summed E-state index contributed by atoms with van der Waals surface area (Å²) in [4.78, 5) is 13.0. The first-order valence-corrected chi connectivity index (χ1v) is 6.89. The van der Waals surface area contributed by atoms with Gasteiger partial charge in [0.2, 0.25) is 5.95 Å². The van der Waals surface area contributed by atoms with Crippen LogP contribution in [0.4, 0.5) is 5.95 Å². The smallest absolute Gasteiger partial charge is 0.227 e. The maximum absolute atomic E-state index is 5.49. The third kappa shape index (κ3) is 4.47. The Kier molecular flexibility index (Phi) is 5.64. The SMILES string of the molecule is CCc1nc(NC(C)C(C)C)nc(SCN)n1. The summed E-state index contributed by atoms with van der Waals surface area (Å²) in [6.45, 7) is 8.47. The molecular formula is C11H21N5S. The molecule has 0 amide bonds. The van der Waals surface area contributed by atoms with E-state index in [4.69, 9.17) is 5.73 Å². The molecule has 96 valence electrons. The molecule has 0 fully saturated rings. The van der Waals surface area contributed by atoms with Gasteiger partial charge in [0.25, 0.3) is 0 Å². The van der Waals surface area contributed by atoms with Gasteiger partial charge in [-0.25, -0.2) is 4.98 Å². The van der Waals surface area contributed by atoms with E-state index in [0.29, 0.717) is 28.9 Å². The van der Waals surface area contributed by atoms with E-state index < -0.39 is 0 Å². The summed E-state index contributed by atoms with van der Waals surface area (Å²) in [6, 6.07) is 0.331. The Bertz CT molecular complexity index is 356. The first-order chi connectivity index (χ1) is 8.06. The van der Waals surface area contributed by atoms with Crippen LogP contribution in [0.25, 0.3) is 0 Å². The third-order valence-corrected chi connectivity index (χ3v) is 3.15. The molecule has 0 aliphatic heterocycles. The first kappa shape index (κ1) is 14.2. The number of hydrogen-bond acceptors (Lipinski definition) is 6. The number of nitrogens with one attached hydrogen (secondary N) is 1. The molecule has 1 aromatic rings. The van der Waals surface area contributed by atoms with Crippen molar-refractivity contribution in [1.29, 1.82) is 0 Å². The van der Waals surface area contributed by atoms with E-state index >= 15 is 0 Å². The van der Waals surface area contributed by atoms with Gasteiger partial charge in [0.15, 0.2) is 5.16 Å². The van der Waals surface area contributed by atoms with E-state index in [9.17, 15) is 0 Å². The van der Waals surface area contributed by atoms with Crippen LogP contribution < -0.4 is 11.1 Å². The highest BCUT2D eigenvalue weighted by atomic mass is 32.2. The van der Waals surface area contributed by atoms with Gasteiger partial charge in [0, 0.05) is 18.3 Å². The van der Waals surface area contributed by atoms with Gasteiger partial charge in [-0.3, -0.25) is 0 Å². The highest BCUT2D eigenvalue weighted by Gasteiger charge is 2.10. The van der Waals surface area contributed by atoms with Crippen molar-refractivity contribution in [2.45, 2.75) is 45.3 Å². The van der Waals surface area contributed by atoms with Gasteiger partial charge in [-0.15, -0.1) is 0 Å². The quantitative estimate of drug-likeness (QED) is 0.597. The van der Waals surface area contributed by atoms with Crippen molar-refractivity contribution < 1.29 is 0 Å². The average molecular weight is 255 g/mol. The van der Waals surface area contributed by atoms with E-state index in [-0.39, 0.29) is 0 Å². The normalized spacial score (nSPS) is 12.8. The highest BCUT2D eigenvalue weighted by Crippen LogP contribution is 2.14. The number of anilines is 1. The van der Waals surface area contributed by atoms with Crippen LogP contribution in [-0.4, -0.2) is 26.9 Å². The molecule has 0 saturated heterocycles. The Balaban J connectivity index is 2.86. The Morgan fingerprint density at radius 1 is 1.24 bits per heavy atom. The molecule has 0 aliphatic rings. The number of nitrogens with zero attached hydrogens (tertiary/aromatic N) is 3. The number of thioether (sulfide) groups is 1. The van der Waals surface area contributed by atoms with Gasteiger partial charge in [-0.2, -0.15) is 9.97 Å². The Labute approximate surface area is 107 Å². The van der Waals surface area contributed by atoms with Crippen LogP contribution >= 0.6 is 11.8 Å². The van der Waals surface area contributed by atoms with Crippen molar-refractivity contribution >= 4 is 17.7 Å². The van der Waals surface area contributed by atoms with Gasteiger partial charge >= 0.3 is 0 Å². The molecule has 6 heteroatoms. The van der Waals surface area contributed by atoms with E-state index in [2.05, 4.69) is 41.0 Å². The molecule has 0 radical (unpaired) electrons. The Morgan fingerprint density at radius 3 is 2.47 bits per heavy atom. The molecule has 0 spiro atoms. The zero-order valence-corrected chi connectivity index (χ0v) is 11.7. The van der Waals surface area contributed by atoms with Crippen LogP contribution in [0.3, 0.4) is 0 Å². The van der Waals surface area contributed by atoms with Crippen molar-refractivity contribution in [2.24, 2.45) is 11.7 Å². The summed E-state index contributed by atoms with van der Waals surface area (Å²) in [5, 5.41) is 3.99. The standard InChI is InChI=1S/C11H21N5S/c1-5-9-14-10(13-8(4)7(2)3)16-11(15-9)17-6-12/h7-8H,5-6,12H2,1-4H3,(H,13,14,15,16). The summed E-state index contributed by atoms with van der Waals surface area (Å²) in [5.41, 5.74) is 5.49. The summed E-state index contributed by atoms with van der Waals surface area (Å²) >= 11 is 1.43. The molecule has 5 nitrogen and oxygen atoms in total. The second-order valence-corrected chi connectivity index (χ2v) is 5.19. The molecular weight excluding hydrogens is 234 g/mol. The van der Waals surface area contributed by atoms with E-state index in [1.807, 2.05) is 6.92 Å². The number of aryl methyl sites for hydroxylation is 1. The topological polar surface area (TPSA) is 76.7 Å². The molecule has 0 bridgehead atoms. The Hall–Kier alpha value is -0.880. The number of nitrogens with two attached hydrogens (primary N) is 1. The summed E-state index contributed by atoms with van der Waals surface area (Å²) in [6.07, 6.45) is 0.797. The van der Waals surface area contributed by atoms with Gasteiger partial charge in [-0.1, -0.05) is 32.5 Å². The fourth-order valence-electron chi connectivity index (χ4n) is 1.13. The van der Waals surface area contributed by atoms with Crippen molar-refractivity contribution in [1.82, 2.24) is 15.0 Å². The van der Waals surface area contributed by atoms with Gasteiger partial charge in [0.1, 0.15) is 5.82 Å². The molecule has 17 heavy (non-hydrogen) atoms. The number of hydrogen-bond donors (Lipinski definition) is 2. The maximum atomic E-state index is 5.49. The monoisotopic (exact) mass is 255 g/mol. The number of aromatic nitrogens is 3. The summed E-state index contributed by atoms with van der Waals surface area (Å²) < 4.78 is 0. The lowest BCUT2D eigenvalue weighted by Crippen LogP contribution is -2.23. The second-order valence-electron chi connectivity index (χ2n) is 4.20. The van der Waals surface area contributed by atoms with Crippen molar-refractivity contribution in [3.63, 3.8) is 0 Å². The molecule has 1 atom stereocenters. The maximum Gasteiger partial charge on any atom is 0.227 e. The minimum atomic E-state index is 0.331. The van der Waals surface area contributed by atoms with Gasteiger partial charge in [0.05, 0.1) is 0 Å². The third-order valence-electron chi connectivity index (χ3n) is 2.55. The Morgan fingerprint density at radius 2 is 1.94 bits per heavy atom. The first-order valence-electron chi connectivity index (χ1n) is 5.91. The zero-order valence-electron chi connectivity index (χ0n) is 10.9. The molecule has 0 saturated carbocycles. The number of rotatable bonds is 6. The van der Waals surface area contributed by atoms with E-state index in [1.54, 1.807) is 0 Å². The predicted molar refractivity (Wildman–Crippen MR) is 72.0 cm³/mol. The van der Waals surface area contributed by atoms with Crippen LogP contribution in [0, 0.1) is 5.92 Å². The van der Waals surface area contributed by atoms with Crippen LogP contribution in [0.1, 0.15) is 33.5 Å². The van der Waals surface area contributed by atoms with Crippen molar-refractivity contribution in [2.75, 3.05) is 11.2 Å². The molecule has 1 unspecified atom stereocenters. The van der Waals surface area contributed by atoms with Crippen LogP contribution in [0.2, 0.25) is 0 Å². The summed E-state index contributed by atoms with van der Waals surface area (Å²) in [5.74, 6) is 2.46.